The minimum absolute atomic E-state index is 0.00927. The fourth-order valence-corrected chi connectivity index (χ4v) is 3.68. The van der Waals surface area contributed by atoms with E-state index in [9.17, 15) is 19.5 Å². The van der Waals surface area contributed by atoms with Gasteiger partial charge in [-0.25, -0.2) is 9.59 Å². The number of carbonyl (C=O) groups is 3. The lowest BCUT2D eigenvalue weighted by molar-refractivity contribution is -0.140. The molecule has 9 heteroatoms. The summed E-state index contributed by atoms with van der Waals surface area (Å²) in [7, 11) is 0. The maximum absolute atomic E-state index is 12.9. The van der Waals surface area contributed by atoms with E-state index in [4.69, 9.17) is 9.47 Å². The number of ether oxygens (including phenoxy) is 2. The number of carboxylic acid groups (broad SMARTS) is 1. The molecule has 2 heterocycles. The lowest BCUT2D eigenvalue weighted by Gasteiger charge is -2.30. The smallest absolute Gasteiger partial charge is 0.407 e. The van der Waals surface area contributed by atoms with Crippen molar-refractivity contribution < 1.29 is 29.0 Å². The number of hydrogen-bond acceptors (Lipinski definition) is 5. The van der Waals surface area contributed by atoms with E-state index in [1.807, 2.05) is 30.3 Å². The van der Waals surface area contributed by atoms with Crippen molar-refractivity contribution in [3.05, 3.63) is 35.9 Å². The van der Waals surface area contributed by atoms with Crippen LogP contribution in [0, 0.1) is 5.92 Å². The zero-order valence-corrected chi connectivity index (χ0v) is 16.3. The van der Waals surface area contributed by atoms with Crippen molar-refractivity contribution in [2.75, 3.05) is 39.4 Å². The zero-order valence-electron chi connectivity index (χ0n) is 16.3. The third kappa shape index (κ3) is 6.08. The minimum Gasteiger partial charge on any atom is -0.465 e. The SMILES string of the molecule is O=C(N[C@H]1CC(C(=O)N2CCOCC2)CCN(C(=O)O)C1)OCc1ccccc1. The molecule has 2 N–H and O–H groups in total. The van der Waals surface area contributed by atoms with Crippen LogP contribution in [0.3, 0.4) is 0 Å². The lowest BCUT2D eigenvalue weighted by Crippen LogP contribution is -2.46. The molecule has 0 radical (unpaired) electrons. The molecule has 9 nitrogen and oxygen atoms in total. The van der Waals surface area contributed by atoms with Crippen LogP contribution in [-0.4, -0.2) is 78.4 Å². The summed E-state index contributed by atoms with van der Waals surface area (Å²) in [6, 6.07) is 8.79. The van der Waals surface area contributed by atoms with Gasteiger partial charge >= 0.3 is 12.2 Å². The number of alkyl carbamates (subject to hydrolysis) is 1. The van der Waals surface area contributed by atoms with Crippen LogP contribution in [0.15, 0.2) is 30.3 Å². The van der Waals surface area contributed by atoms with Crippen LogP contribution in [0.4, 0.5) is 9.59 Å². The number of morpholine rings is 1. The highest BCUT2D eigenvalue weighted by Crippen LogP contribution is 2.21. The Hall–Kier alpha value is -2.81. The van der Waals surface area contributed by atoms with Gasteiger partial charge < -0.3 is 29.7 Å². The predicted octanol–water partition coefficient (Wildman–Crippen LogP) is 1.53. The molecule has 1 aromatic rings. The van der Waals surface area contributed by atoms with E-state index in [0.29, 0.717) is 39.1 Å². The van der Waals surface area contributed by atoms with Crippen molar-refractivity contribution in [1.82, 2.24) is 15.1 Å². The Morgan fingerprint density at radius 3 is 2.52 bits per heavy atom. The highest BCUT2D eigenvalue weighted by molar-refractivity contribution is 5.79. The number of nitrogens with one attached hydrogen (secondary N) is 1. The Balaban J connectivity index is 1.60. The topological polar surface area (TPSA) is 108 Å². The average Bonchev–Trinajstić information content (AvgIpc) is 2.96. The molecular weight excluding hydrogens is 378 g/mol. The van der Waals surface area contributed by atoms with Crippen LogP contribution in [0.2, 0.25) is 0 Å². The Kier molecular flexibility index (Phi) is 7.29. The van der Waals surface area contributed by atoms with Gasteiger partial charge in [-0.1, -0.05) is 30.3 Å². The lowest BCUT2D eigenvalue weighted by atomic mass is 9.96. The molecule has 1 aromatic carbocycles. The van der Waals surface area contributed by atoms with E-state index in [0.717, 1.165) is 5.56 Å². The van der Waals surface area contributed by atoms with E-state index in [2.05, 4.69) is 5.32 Å². The van der Waals surface area contributed by atoms with Crippen molar-refractivity contribution in [2.45, 2.75) is 25.5 Å². The van der Waals surface area contributed by atoms with E-state index in [-0.39, 0.29) is 31.5 Å². The summed E-state index contributed by atoms with van der Waals surface area (Å²) in [5, 5.41) is 12.2. The van der Waals surface area contributed by atoms with Gasteiger partial charge in [0.25, 0.3) is 0 Å². The Bertz CT molecular complexity index is 707. The first-order valence-corrected chi connectivity index (χ1v) is 9.84. The molecule has 2 aliphatic heterocycles. The number of likely N-dealkylation sites (tertiary alicyclic amines) is 1. The molecule has 2 saturated heterocycles. The monoisotopic (exact) mass is 405 g/mol. The quantitative estimate of drug-likeness (QED) is 0.787. The van der Waals surface area contributed by atoms with Gasteiger partial charge in [-0.2, -0.15) is 0 Å². The van der Waals surface area contributed by atoms with E-state index in [1.165, 1.54) is 4.90 Å². The van der Waals surface area contributed by atoms with Gasteiger partial charge in [-0.15, -0.1) is 0 Å². The third-order valence-corrected chi connectivity index (χ3v) is 5.23. The van der Waals surface area contributed by atoms with E-state index in [1.54, 1.807) is 4.90 Å². The molecular formula is C20H27N3O6. The highest BCUT2D eigenvalue weighted by atomic mass is 16.5. The van der Waals surface area contributed by atoms with Crippen molar-refractivity contribution >= 4 is 18.1 Å². The Morgan fingerprint density at radius 1 is 1.10 bits per heavy atom. The summed E-state index contributed by atoms with van der Waals surface area (Å²) in [6.07, 6.45) is -0.877. The van der Waals surface area contributed by atoms with Gasteiger partial charge in [0, 0.05) is 32.1 Å². The number of nitrogens with zero attached hydrogens (tertiary/aromatic N) is 2. The second-order valence-corrected chi connectivity index (χ2v) is 7.29. The van der Waals surface area contributed by atoms with Crippen LogP contribution >= 0.6 is 0 Å². The maximum atomic E-state index is 12.9. The summed E-state index contributed by atoms with van der Waals surface area (Å²) >= 11 is 0. The normalized spacial score (nSPS) is 22.5. The number of hydrogen-bond donors (Lipinski definition) is 2. The zero-order chi connectivity index (χ0) is 20.6. The molecule has 0 bridgehead atoms. The molecule has 2 fully saturated rings. The van der Waals surface area contributed by atoms with Crippen LogP contribution in [0.25, 0.3) is 0 Å². The highest BCUT2D eigenvalue weighted by Gasteiger charge is 2.34. The standard InChI is InChI=1S/C20H27N3O6/c24-18(22-8-10-28-11-9-22)16-6-7-23(20(26)27)13-17(12-16)21-19(25)29-14-15-4-2-1-3-5-15/h1-5,16-17H,6-14H2,(H,21,25)(H,26,27)/t16?,17-/m0/s1. The molecule has 158 valence electrons. The summed E-state index contributed by atoms with van der Waals surface area (Å²) in [6.45, 7) is 2.60. The fourth-order valence-electron chi connectivity index (χ4n) is 3.68. The van der Waals surface area contributed by atoms with Gasteiger partial charge in [-0.05, 0) is 18.4 Å². The third-order valence-electron chi connectivity index (χ3n) is 5.23. The molecule has 0 aliphatic carbocycles. The first-order valence-electron chi connectivity index (χ1n) is 9.84. The molecule has 3 amide bonds. The van der Waals surface area contributed by atoms with Crippen LogP contribution < -0.4 is 5.32 Å². The van der Waals surface area contributed by atoms with E-state index >= 15 is 0 Å². The van der Waals surface area contributed by atoms with Gasteiger partial charge in [0.05, 0.1) is 19.3 Å². The van der Waals surface area contributed by atoms with Crippen molar-refractivity contribution in [2.24, 2.45) is 5.92 Å². The van der Waals surface area contributed by atoms with Gasteiger partial charge in [0.1, 0.15) is 6.61 Å². The maximum Gasteiger partial charge on any atom is 0.407 e. The first-order chi connectivity index (χ1) is 14.0. The predicted molar refractivity (Wildman–Crippen MR) is 103 cm³/mol. The van der Waals surface area contributed by atoms with Crippen molar-refractivity contribution in [3.63, 3.8) is 0 Å². The first kappa shape index (κ1) is 20.9. The largest absolute Gasteiger partial charge is 0.465 e. The second kappa shape index (κ2) is 10.1. The molecule has 2 atom stereocenters. The van der Waals surface area contributed by atoms with Crippen LogP contribution in [0.1, 0.15) is 18.4 Å². The number of rotatable bonds is 4. The summed E-state index contributed by atoms with van der Waals surface area (Å²) in [5.41, 5.74) is 0.857. The number of carbonyl (C=O) groups excluding carboxylic acids is 2. The van der Waals surface area contributed by atoms with Gasteiger partial charge in [0.15, 0.2) is 0 Å². The Morgan fingerprint density at radius 2 is 1.83 bits per heavy atom. The number of benzene rings is 1. The Labute approximate surface area is 169 Å². The second-order valence-electron chi connectivity index (χ2n) is 7.29. The average molecular weight is 405 g/mol. The molecule has 1 unspecified atom stereocenters. The molecule has 3 rings (SSSR count). The summed E-state index contributed by atoms with van der Waals surface area (Å²) < 4.78 is 10.5. The molecule has 0 aromatic heterocycles. The summed E-state index contributed by atoms with van der Waals surface area (Å²) in [4.78, 5) is 39.6. The number of amides is 3. The van der Waals surface area contributed by atoms with Gasteiger partial charge in [0.2, 0.25) is 5.91 Å². The fraction of sp³-hybridized carbons (Fsp3) is 0.550. The van der Waals surface area contributed by atoms with Crippen LogP contribution in [-0.2, 0) is 20.9 Å². The molecule has 0 saturated carbocycles. The molecule has 29 heavy (non-hydrogen) atoms. The van der Waals surface area contributed by atoms with Gasteiger partial charge in [-0.3, -0.25) is 4.79 Å². The van der Waals surface area contributed by atoms with E-state index < -0.39 is 18.2 Å². The molecule has 2 aliphatic rings. The van der Waals surface area contributed by atoms with Crippen molar-refractivity contribution in [1.29, 1.82) is 0 Å². The van der Waals surface area contributed by atoms with Crippen molar-refractivity contribution in [3.8, 4) is 0 Å². The molecule has 0 spiro atoms. The minimum atomic E-state index is -1.06. The summed E-state index contributed by atoms with van der Waals surface area (Å²) in [5.74, 6) is -0.359. The van der Waals surface area contributed by atoms with Crippen LogP contribution in [0.5, 0.6) is 0 Å².